The Bertz CT molecular complexity index is 1100. The first-order valence-corrected chi connectivity index (χ1v) is 12.3. The van der Waals surface area contributed by atoms with E-state index in [1.165, 1.54) is 9.80 Å². The van der Waals surface area contributed by atoms with E-state index in [4.69, 9.17) is 11.5 Å². The van der Waals surface area contributed by atoms with Gasteiger partial charge in [0.2, 0.25) is 0 Å². The van der Waals surface area contributed by atoms with Crippen molar-refractivity contribution in [1.29, 1.82) is 0 Å². The summed E-state index contributed by atoms with van der Waals surface area (Å²) in [7, 11) is 0. The molecule has 2 aromatic carbocycles. The monoisotopic (exact) mass is 460 g/mol. The lowest BCUT2D eigenvalue weighted by Gasteiger charge is -2.41. The Kier molecular flexibility index (Phi) is 4.86. The van der Waals surface area contributed by atoms with Crippen molar-refractivity contribution in [2.24, 2.45) is 11.5 Å². The third-order valence-electron chi connectivity index (χ3n) is 8.18. The highest BCUT2D eigenvalue weighted by Crippen LogP contribution is 2.40. The third-order valence-corrected chi connectivity index (χ3v) is 8.18. The molecule has 4 amide bonds. The first kappa shape index (κ1) is 21.4. The van der Waals surface area contributed by atoms with Gasteiger partial charge in [-0.05, 0) is 49.9 Å². The van der Waals surface area contributed by atoms with Crippen molar-refractivity contribution in [3.8, 4) is 0 Å². The van der Waals surface area contributed by atoms with Gasteiger partial charge in [0.05, 0.1) is 12.1 Å². The lowest BCUT2D eigenvalue weighted by Crippen LogP contribution is -2.56. The Hall–Kier alpha value is -3.10. The molecule has 2 aromatic rings. The molecule has 0 bridgehead atoms. The molecule has 34 heavy (non-hydrogen) atoms. The van der Waals surface area contributed by atoms with Gasteiger partial charge in [-0.2, -0.15) is 0 Å². The summed E-state index contributed by atoms with van der Waals surface area (Å²) in [5.74, 6) is -1.61. The maximum atomic E-state index is 13.6. The molecule has 8 nitrogen and oxygen atoms in total. The SMILES string of the molecule is N[C@@H]1CCCCC1N1C(=O)c2ccc3c4c(ccc(c24)C1=O)C(=O)N([C@@H]1CCCC[C@H]1N)C3=O. The van der Waals surface area contributed by atoms with Gasteiger partial charge >= 0.3 is 0 Å². The van der Waals surface area contributed by atoms with Crippen LogP contribution in [-0.4, -0.2) is 57.6 Å². The van der Waals surface area contributed by atoms with Crippen molar-refractivity contribution < 1.29 is 19.2 Å². The fourth-order valence-corrected chi connectivity index (χ4v) is 6.44. The Labute approximate surface area is 197 Å². The van der Waals surface area contributed by atoms with Crippen molar-refractivity contribution in [2.75, 3.05) is 0 Å². The van der Waals surface area contributed by atoms with E-state index in [9.17, 15) is 19.2 Å². The molecule has 8 heteroatoms. The van der Waals surface area contributed by atoms with Crippen LogP contribution < -0.4 is 11.5 Å². The average molecular weight is 461 g/mol. The summed E-state index contributed by atoms with van der Waals surface area (Å²) >= 11 is 0. The zero-order valence-corrected chi connectivity index (χ0v) is 19.0. The van der Waals surface area contributed by atoms with E-state index in [-0.39, 0.29) is 24.2 Å². The molecule has 1 unspecified atom stereocenters. The molecule has 4 N–H and O–H groups in total. The van der Waals surface area contributed by atoms with Gasteiger partial charge in [0, 0.05) is 45.1 Å². The average Bonchev–Trinajstić information content (AvgIpc) is 2.83. The number of nitrogens with zero attached hydrogens (tertiary/aromatic N) is 2. The van der Waals surface area contributed by atoms with Gasteiger partial charge in [0.15, 0.2) is 0 Å². The first-order chi connectivity index (χ1) is 16.4. The van der Waals surface area contributed by atoms with E-state index >= 15 is 0 Å². The summed E-state index contributed by atoms with van der Waals surface area (Å²) < 4.78 is 0. The Morgan fingerprint density at radius 1 is 0.529 bits per heavy atom. The molecule has 0 aromatic heterocycles. The number of nitrogens with two attached hydrogens (primary N) is 2. The lowest BCUT2D eigenvalue weighted by atomic mass is 9.82. The van der Waals surface area contributed by atoms with Crippen LogP contribution in [0.2, 0.25) is 0 Å². The van der Waals surface area contributed by atoms with Gasteiger partial charge in [-0.3, -0.25) is 29.0 Å². The summed E-state index contributed by atoms with van der Waals surface area (Å²) in [6.45, 7) is 0. The minimum atomic E-state index is -0.403. The zero-order chi connectivity index (χ0) is 23.7. The molecule has 0 radical (unpaired) electrons. The fourth-order valence-electron chi connectivity index (χ4n) is 6.44. The molecule has 176 valence electrons. The summed E-state index contributed by atoms with van der Waals surface area (Å²) in [5, 5.41) is 0.805. The molecule has 6 rings (SSSR count). The standard InChI is InChI=1S/C26H28N4O4/c27-17-5-1-3-7-19(17)29-23(31)13-9-11-15-22-16(12-10-14(21(13)22)24(29)32)26(34)30(25(15)33)20-8-4-2-6-18(20)28/h9-12,17-20H,1-8,27-28H2/t17-,18-,19-,20?/m1/s1. The second kappa shape index (κ2) is 7.71. The molecule has 4 atom stereocenters. The predicted molar refractivity (Wildman–Crippen MR) is 125 cm³/mol. The molecule has 2 aliphatic heterocycles. The number of carbonyl (C=O) groups is 4. The van der Waals surface area contributed by atoms with Crippen LogP contribution in [0.25, 0.3) is 10.8 Å². The number of imide groups is 2. The minimum absolute atomic E-state index is 0.257. The summed E-state index contributed by atoms with van der Waals surface area (Å²) in [5.41, 5.74) is 14.0. The largest absolute Gasteiger partial charge is 0.326 e. The fraction of sp³-hybridized carbons (Fsp3) is 0.462. The van der Waals surface area contributed by atoms with Gasteiger partial charge in [-0.15, -0.1) is 0 Å². The van der Waals surface area contributed by atoms with Crippen molar-refractivity contribution in [2.45, 2.75) is 75.5 Å². The van der Waals surface area contributed by atoms with Crippen LogP contribution in [0.1, 0.15) is 92.8 Å². The van der Waals surface area contributed by atoms with Crippen LogP contribution in [0, 0.1) is 0 Å². The smallest absolute Gasteiger partial charge is 0.261 e. The number of hydrogen-bond acceptors (Lipinski definition) is 6. The molecule has 2 heterocycles. The Morgan fingerprint density at radius 3 is 1.12 bits per heavy atom. The molecule has 4 aliphatic rings. The minimum Gasteiger partial charge on any atom is -0.326 e. The quantitative estimate of drug-likeness (QED) is 0.663. The highest BCUT2D eigenvalue weighted by molar-refractivity contribution is 6.33. The Balaban J connectivity index is 1.49. The van der Waals surface area contributed by atoms with E-state index in [1.54, 1.807) is 24.3 Å². The second-order valence-electron chi connectivity index (χ2n) is 10.1. The third kappa shape index (κ3) is 2.85. The summed E-state index contributed by atoms with van der Waals surface area (Å²) in [6, 6.07) is 5.26. The van der Waals surface area contributed by atoms with Gasteiger partial charge in [-0.25, -0.2) is 0 Å². The van der Waals surface area contributed by atoms with E-state index < -0.39 is 23.6 Å². The molecular weight excluding hydrogens is 432 g/mol. The second-order valence-corrected chi connectivity index (χ2v) is 10.1. The van der Waals surface area contributed by atoms with Crippen LogP contribution in [0.4, 0.5) is 0 Å². The highest BCUT2D eigenvalue weighted by atomic mass is 16.2. The topological polar surface area (TPSA) is 127 Å². The van der Waals surface area contributed by atoms with E-state index in [1.807, 2.05) is 0 Å². The Morgan fingerprint density at radius 2 is 0.824 bits per heavy atom. The van der Waals surface area contributed by atoms with Crippen LogP contribution >= 0.6 is 0 Å². The normalized spacial score (nSPS) is 29.2. The number of hydrogen-bond donors (Lipinski definition) is 2. The van der Waals surface area contributed by atoms with E-state index in [0.29, 0.717) is 45.9 Å². The maximum absolute atomic E-state index is 13.6. The van der Waals surface area contributed by atoms with E-state index in [2.05, 4.69) is 0 Å². The summed E-state index contributed by atoms with van der Waals surface area (Å²) in [6.07, 6.45) is 6.70. The van der Waals surface area contributed by atoms with Crippen molar-refractivity contribution in [3.05, 3.63) is 46.5 Å². The molecule has 0 saturated heterocycles. The van der Waals surface area contributed by atoms with E-state index in [0.717, 1.165) is 38.5 Å². The number of carbonyl (C=O) groups excluding carboxylic acids is 4. The predicted octanol–water partition coefficient (Wildman–Crippen LogP) is 2.57. The molecule has 2 saturated carbocycles. The van der Waals surface area contributed by atoms with Gasteiger partial charge in [0.25, 0.3) is 23.6 Å². The lowest BCUT2D eigenvalue weighted by molar-refractivity contribution is 0.0459. The summed E-state index contributed by atoms with van der Waals surface area (Å²) in [4.78, 5) is 56.8. The molecular formula is C26H28N4O4. The maximum Gasteiger partial charge on any atom is 0.261 e. The van der Waals surface area contributed by atoms with Crippen molar-refractivity contribution >= 4 is 34.4 Å². The van der Waals surface area contributed by atoms with Gasteiger partial charge in [0.1, 0.15) is 0 Å². The molecule has 0 spiro atoms. The molecule has 2 aliphatic carbocycles. The van der Waals surface area contributed by atoms with Gasteiger partial charge < -0.3 is 11.5 Å². The van der Waals surface area contributed by atoms with Crippen molar-refractivity contribution in [3.63, 3.8) is 0 Å². The van der Waals surface area contributed by atoms with Gasteiger partial charge in [-0.1, -0.05) is 25.7 Å². The first-order valence-electron chi connectivity index (χ1n) is 12.3. The van der Waals surface area contributed by atoms with Crippen LogP contribution in [0.3, 0.4) is 0 Å². The number of benzene rings is 2. The molecule has 2 fully saturated rings. The zero-order valence-electron chi connectivity index (χ0n) is 19.0. The number of rotatable bonds is 2. The van der Waals surface area contributed by atoms with Crippen LogP contribution in [0.15, 0.2) is 24.3 Å². The highest BCUT2D eigenvalue weighted by Gasteiger charge is 2.45. The van der Waals surface area contributed by atoms with Crippen LogP contribution in [0.5, 0.6) is 0 Å². The van der Waals surface area contributed by atoms with Crippen LogP contribution in [-0.2, 0) is 0 Å². The number of amides is 4. The van der Waals surface area contributed by atoms with Crippen molar-refractivity contribution in [1.82, 2.24) is 9.80 Å².